The smallest absolute Gasteiger partial charge is 0.374 e. The van der Waals surface area contributed by atoms with Crippen LogP contribution in [0.25, 0.3) is 0 Å². The van der Waals surface area contributed by atoms with Crippen molar-refractivity contribution in [2.75, 3.05) is 0 Å². The SMILES string of the molecule is O=Cc1ccc(C2=NOC(c3cc(Cl)cc(Cl)c3)(C(F)(F)F)C2)cc1[N+](=O)[O-]. The molecule has 0 radical (unpaired) electrons. The maximum Gasteiger partial charge on any atom is 0.435 e. The second-order valence-corrected chi connectivity index (χ2v) is 6.81. The number of hydrogen-bond acceptors (Lipinski definition) is 5. The minimum atomic E-state index is -4.89. The first-order valence-electron chi connectivity index (χ1n) is 7.60. The summed E-state index contributed by atoms with van der Waals surface area (Å²) in [6, 6.07) is 6.77. The first-order valence-corrected chi connectivity index (χ1v) is 8.35. The number of benzene rings is 2. The number of aldehydes is 1. The number of oxime groups is 1. The number of nitro benzene ring substituents is 1. The maximum atomic E-state index is 13.9. The summed E-state index contributed by atoms with van der Waals surface area (Å²) >= 11 is 11.7. The van der Waals surface area contributed by atoms with Crippen LogP contribution in [-0.2, 0) is 10.4 Å². The van der Waals surface area contributed by atoms with E-state index in [2.05, 4.69) is 5.16 Å². The Morgan fingerprint density at radius 1 is 1.18 bits per heavy atom. The molecule has 1 aliphatic rings. The van der Waals surface area contributed by atoms with Crippen molar-refractivity contribution in [2.24, 2.45) is 5.16 Å². The van der Waals surface area contributed by atoms with E-state index in [9.17, 15) is 28.1 Å². The lowest BCUT2D eigenvalue weighted by atomic mass is 9.86. The largest absolute Gasteiger partial charge is 0.435 e. The Bertz CT molecular complexity index is 990. The first-order chi connectivity index (χ1) is 13.1. The molecule has 0 bridgehead atoms. The molecular weight excluding hydrogens is 424 g/mol. The predicted molar refractivity (Wildman–Crippen MR) is 94.9 cm³/mol. The van der Waals surface area contributed by atoms with Gasteiger partial charge in [-0.1, -0.05) is 34.4 Å². The van der Waals surface area contributed by atoms with E-state index in [1.54, 1.807) is 0 Å². The number of carbonyl (C=O) groups excluding carboxylic acids is 1. The van der Waals surface area contributed by atoms with E-state index in [-0.39, 0.29) is 38.7 Å². The van der Waals surface area contributed by atoms with Crippen LogP contribution in [-0.4, -0.2) is 23.1 Å². The minimum absolute atomic E-state index is 0.0193. The average molecular weight is 433 g/mol. The van der Waals surface area contributed by atoms with Crippen LogP contribution in [0.3, 0.4) is 0 Å². The van der Waals surface area contributed by atoms with E-state index in [4.69, 9.17) is 28.0 Å². The standard InChI is InChI=1S/C17H9Cl2F3N2O4/c18-12-4-11(5-13(19)6-12)16(17(20,21)22)7-14(23-28-16)9-1-2-10(8-25)15(3-9)24(26)27/h1-6,8H,7H2. The molecule has 0 aliphatic carbocycles. The highest BCUT2D eigenvalue weighted by Gasteiger charge is 2.62. The molecule has 146 valence electrons. The van der Waals surface area contributed by atoms with Crippen LogP contribution in [0, 0.1) is 10.1 Å². The van der Waals surface area contributed by atoms with Gasteiger partial charge in [0.05, 0.1) is 16.2 Å². The van der Waals surface area contributed by atoms with Crippen LogP contribution < -0.4 is 0 Å². The maximum absolute atomic E-state index is 13.9. The Labute approximate surface area is 165 Å². The van der Waals surface area contributed by atoms with Crippen molar-refractivity contribution in [1.29, 1.82) is 0 Å². The summed E-state index contributed by atoms with van der Waals surface area (Å²) in [6.45, 7) is 0. The topological polar surface area (TPSA) is 81.8 Å². The van der Waals surface area contributed by atoms with Crippen LogP contribution in [0.4, 0.5) is 18.9 Å². The Balaban J connectivity index is 2.06. The number of nitrogens with zero attached hydrogens (tertiary/aromatic N) is 2. The molecule has 28 heavy (non-hydrogen) atoms. The average Bonchev–Trinajstić information content (AvgIpc) is 3.07. The van der Waals surface area contributed by atoms with Crippen LogP contribution in [0.5, 0.6) is 0 Å². The fourth-order valence-electron chi connectivity index (χ4n) is 2.83. The summed E-state index contributed by atoms with van der Waals surface area (Å²) in [5.74, 6) is 0. The van der Waals surface area contributed by atoms with E-state index in [1.165, 1.54) is 12.1 Å². The van der Waals surface area contributed by atoms with Gasteiger partial charge in [-0.15, -0.1) is 0 Å². The third-order valence-electron chi connectivity index (χ3n) is 4.20. The Morgan fingerprint density at radius 3 is 2.36 bits per heavy atom. The van der Waals surface area contributed by atoms with Crippen LogP contribution in [0.2, 0.25) is 10.0 Å². The quantitative estimate of drug-likeness (QED) is 0.373. The molecule has 6 nitrogen and oxygen atoms in total. The Kier molecular flexibility index (Phi) is 5.07. The third-order valence-corrected chi connectivity index (χ3v) is 4.64. The van der Waals surface area contributed by atoms with Gasteiger partial charge in [-0.25, -0.2) is 0 Å². The molecule has 2 aromatic rings. The Hall–Kier alpha value is -2.65. The molecule has 2 aromatic carbocycles. The summed E-state index contributed by atoms with van der Waals surface area (Å²) in [5, 5.41) is 14.6. The molecule has 1 aliphatic heterocycles. The lowest BCUT2D eigenvalue weighted by Crippen LogP contribution is -2.42. The molecule has 0 saturated carbocycles. The molecule has 0 N–H and O–H groups in total. The number of nitro groups is 1. The number of hydrogen-bond donors (Lipinski definition) is 0. The van der Waals surface area contributed by atoms with Gasteiger partial charge in [-0.3, -0.25) is 14.9 Å². The molecule has 0 saturated heterocycles. The molecule has 1 heterocycles. The summed E-state index contributed by atoms with van der Waals surface area (Å²) < 4.78 is 41.8. The molecule has 0 fully saturated rings. The Morgan fingerprint density at radius 2 is 1.82 bits per heavy atom. The van der Waals surface area contributed by atoms with Gasteiger partial charge in [0.1, 0.15) is 0 Å². The van der Waals surface area contributed by atoms with Crippen LogP contribution in [0.1, 0.15) is 27.9 Å². The molecule has 0 amide bonds. The molecule has 3 rings (SSSR count). The van der Waals surface area contributed by atoms with E-state index in [0.717, 1.165) is 24.3 Å². The van der Waals surface area contributed by atoms with Crippen molar-refractivity contribution in [3.05, 3.63) is 73.2 Å². The van der Waals surface area contributed by atoms with E-state index in [1.807, 2.05) is 0 Å². The highest BCUT2D eigenvalue weighted by atomic mass is 35.5. The zero-order chi connectivity index (χ0) is 20.7. The van der Waals surface area contributed by atoms with Crippen molar-refractivity contribution < 1.29 is 27.7 Å². The third kappa shape index (κ3) is 3.43. The molecular formula is C17H9Cl2F3N2O4. The number of rotatable bonds is 4. The van der Waals surface area contributed by atoms with Gasteiger partial charge in [-0.05, 0) is 24.3 Å². The highest BCUT2D eigenvalue weighted by Crippen LogP contribution is 2.49. The van der Waals surface area contributed by atoms with Crippen molar-refractivity contribution in [3.63, 3.8) is 0 Å². The molecule has 1 atom stereocenters. The van der Waals surface area contributed by atoms with Gasteiger partial charge in [0.2, 0.25) is 0 Å². The molecule has 1 unspecified atom stereocenters. The van der Waals surface area contributed by atoms with Gasteiger partial charge >= 0.3 is 6.18 Å². The first kappa shape index (κ1) is 20.1. The summed E-state index contributed by atoms with van der Waals surface area (Å²) in [5.41, 5.74) is -4.11. The monoisotopic (exact) mass is 432 g/mol. The second kappa shape index (κ2) is 7.06. The minimum Gasteiger partial charge on any atom is -0.374 e. The lowest BCUT2D eigenvalue weighted by molar-refractivity contribution is -0.385. The van der Waals surface area contributed by atoms with Crippen molar-refractivity contribution in [2.45, 2.75) is 18.2 Å². The van der Waals surface area contributed by atoms with E-state index >= 15 is 0 Å². The summed E-state index contributed by atoms with van der Waals surface area (Å²) in [6.07, 6.45) is -5.37. The molecule has 0 aromatic heterocycles. The zero-order valence-corrected chi connectivity index (χ0v) is 15.2. The van der Waals surface area contributed by atoms with Crippen molar-refractivity contribution >= 4 is 40.9 Å². The lowest BCUT2D eigenvalue weighted by Gasteiger charge is -2.29. The molecule has 0 spiro atoms. The zero-order valence-electron chi connectivity index (χ0n) is 13.7. The number of alkyl halides is 3. The fraction of sp³-hybridized carbons (Fsp3) is 0.176. The van der Waals surface area contributed by atoms with Crippen LogP contribution >= 0.6 is 23.2 Å². The summed E-state index contributed by atoms with van der Waals surface area (Å²) in [4.78, 5) is 26.0. The van der Waals surface area contributed by atoms with Gasteiger partial charge in [0, 0.05) is 33.7 Å². The van der Waals surface area contributed by atoms with Gasteiger partial charge in [0.25, 0.3) is 11.3 Å². The summed E-state index contributed by atoms with van der Waals surface area (Å²) in [7, 11) is 0. The van der Waals surface area contributed by atoms with Crippen molar-refractivity contribution in [3.8, 4) is 0 Å². The van der Waals surface area contributed by atoms with Gasteiger partial charge in [-0.2, -0.15) is 13.2 Å². The molecule has 11 heteroatoms. The fourth-order valence-corrected chi connectivity index (χ4v) is 3.35. The van der Waals surface area contributed by atoms with E-state index in [0.29, 0.717) is 0 Å². The number of carbonyl (C=O) groups is 1. The van der Waals surface area contributed by atoms with Gasteiger partial charge in [0.15, 0.2) is 6.29 Å². The normalized spacial score (nSPS) is 19.1. The second-order valence-electron chi connectivity index (χ2n) is 5.94. The number of halogens is 5. The van der Waals surface area contributed by atoms with Crippen molar-refractivity contribution in [1.82, 2.24) is 0 Å². The van der Waals surface area contributed by atoms with E-state index < -0.39 is 28.8 Å². The predicted octanol–water partition coefficient (Wildman–Crippen LogP) is 5.30. The van der Waals surface area contributed by atoms with Crippen LogP contribution in [0.15, 0.2) is 41.6 Å². The highest BCUT2D eigenvalue weighted by molar-refractivity contribution is 6.34. The van der Waals surface area contributed by atoms with Gasteiger partial charge < -0.3 is 4.84 Å².